The van der Waals surface area contributed by atoms with Crippen LogP contribution in [0, 0.1) is 0 Å². The summed E-state index contributed by atoms with van der Waals surface area (Å²) in [6.07, 6.45) is -2.99. The monoisotopic (exact) mass is 393 g/mol. The van der Waals surface area contributed by atoms with Gasteiger partial charge in [-0.15, -0.1) is 0 Å². The first-order valence-electron chi connectivity index (χ1n) is 8.56. The van der Waals surface area contributed by atoms with Gasteiger partial charge in [-0.3, -0.25) is 9.59 Å². The van der Waals surface area contributed by atoms with Crippen LogP contribution in [0.1, 0.15) is 23.0 Å². The van der Waals surface area contributed by atoms with E-state index in [0.29, 0.717) is 32.1 Å². The number of amides is 2. The van der Waals surface area contributed by atoms with Crippen molar-refractivity contribution >= 4 is 23.5 Å². The summed E-state index contributed by atoms with van der Waals surface area (Å²) in [5.74, 6) is -0.181. The third-order valence-electron chi connectivity index (χ3n) is 4.35. The summed E-state index contributed by atoms with van der Waals surface area (Å²) in [5, 5.41) is 2.52. The number of benzene rings is 1. The molecule has 0 unspecified atom stereocenters. The highest BCUT2D eigenvalue weighted by molar-refractivity contribution is 6.02. The molecular weight excluding hydrogens is 375 g/mol. The zero-order valence-electron chi connectivity index (χ0n) is 15.0. The fraction of sp³-hybridized carbons (Fsp3) is 0.333. The van der Waals surface area contributed by atoms with Crippen LogP contribution in [-0.4, -0.2) is 52.9 Å². The molecule has 0 spiro atoms. The molecule has 1 aromatic carbocycles. The smallest absolute Gasteiger partial charge is 0.339 e. The molecule has 1 saturated heterocycles. The molecule has 1 fully saturated rings. The van der Waals surface area contributed by atoms with E-state index in [4.69, 9.17) is 0 Å². The molecule has 0 atom stereocenters. The summed E-state index contributed by atoms with van der Waals surface area (Å²) in [7, 11) is 0. The van der Waals surface area contributed by atoms with Gasteiger partial charge >= 0.3 is 6.18 Å². The molecule has 2 amide bonds. The number of aromatic nitrogens is 2. The Balaban J connectivity index is 1.66. The highest BCUT2D eigenvalue weighted by Gasteiger charge is 2.30. The average Bonchev–Trinajstić information content (AvgIpc) is 2.68. The number of rotatable bonds is 3. The molecule has 2 heterocycles. The predicted molar refractivity (Wildman–Crippen MR) is 95.9 cm³/mol. The molecule has 1 aliphatic rings. The number of carbonyl (C=O) groups excluding carboxylic acids is 2. The first-order chi connectivity index (χ1) is 13.2. The van der Waals surface area contributed by atoms with Gasteiger partial charge in [0.25, 0.3) is 5.91 Å². The number of hydrogen-bond donors (Lipinski definition) is 1. The molecule has 0 aliphatic carbocycles. The Bertz CT molecular complexity index is 862. The SMILES string of the molecule is CC(=O)N1CCN(c2nccc(C(=O)Nc3ccc(C(F)(F)F)cc3)n2)CC1. The van der Waals surface area contributed by atoms with Crippen LogP contribution in [0.4, 0.5) is 24.8 Å². The first-order valence-corrected chi connectivity index (χ1v) is 8.56. The van der Waals surface area contributed by atoms with Crippen molar-refractivity contribution < 1.29 is 22.8 Å². The van der Waals surface area contributed by atoms with Gasteiger partial charge in [0.2, 0.25) is 11.9 Å². The molecule has 10 heteroatoms. The quantitative estimate of drug-likeness (QED) is 0.867. The van der Waals surface area contributed by atoms with E-state index in [0.717, 1.165) is 12.1 Å². The van der Waals surface area contributed by atoms with Gasteiger partial charge in [-0.1, -0.05) is 0 Å². The summed E-state index contributed by atoms with van der Waals surface area (Å²) >= 11 is 0. The van der Waals surface area contributed by atoms with Gasteiger partial charge in [0, 0.05) is 45.0 Å². The molecule has 1 aromatic heterocycles. The fourth-order valence-corrected chi connectivity index (χ4v) is 2.79. The number of carbonyl (C=O) groups is 2. The van der Waals surface area contributed by atoms with Gasteiger partial charge in [0.1, 0.15) is 5.69 Å². The van der Waals surface area contributed by atoms with Gasteiger partial charge in [0.15, 0.2) is 0 Å². The third-order valence-corrected chi connectivity index (χ3v) is 4.35. The zero-order chi connectivity index (χ0) is 20.3. The van der Waals surface area contributed by atoms with Crippen LogP contribution >= 0.6 is 0 Å². The Morgan fingerprint density at radius 3 is 2.25 bits per heavy atom. The Hall–Kier alpha value is -3.17. The van der Waals surface area contributed by atoms with Crippen LogP contribution in [-0.2, 0) is 11.0 Å². The fourth-order valence-electron chi connectivity index (χ4n) is 2.79. The second kappa shape index (κ2) is 7.83. The van der Waals surface area contributed by atoms with E-state index in [1.165, 1.54) is 31.3 Å². The van der Waals surface area contributed by atoms with E-state index in [9.17, 15) is 22.8 Å². The molecule has 1 N–H and O–H groups in total. The lowest BCUT2D eigenvalue weighted by Gasteiger charge is -2.34. The second-order valence-electron chi connectivity index (χ2n) is 6.26. The van der Waals surface area contributed by atoms with E-state index in [1.807, 2.05) is 4.90 Å². The number of piperazine rings is 1. The molecule has 0 radical (unpaired) electrons. The van der Waals surface area contributed by atoms with Crippen LogP contribution in [0.3, 0.4) is 0 Å². The van der Waals surface area contributed by atoms with Crippen LogP contribution in [0.25, 0.3) is 0 Å². The Labute approximate surface area is 159 Å². The summed E-state index contributed by atoms with van der Waals surface area (Å²) in [6.45, 7) is 3.69. The minimum Gasteiger partial charge on any atom is -0.339 e. The summed E-state index contributed by atoms with van der Waals surface area (Å²) in [6, 6.07) is 5.59. The number of hydrogen-bond acceptors (Lipinski definition) is 5. The molecule has 3 rings (SSSR count). The van der Waals surface area contributed by atoms with Crippen molar-refractivity contribution in [3.05, 3.63) is 47.8 Å². The molecule has 0 saturated carbocycles. The summed E-state index contributed by atoms with van der Waals surface area (Å²) in [4.78, 5) is 35.8. The molecule has 148 valence electrons. The van der Waals surface area contributed by atoms with Gasteiger partial charge in [-0.25, -0.2) is 9.97 Å². The maximum Gasteiger partial charge on any atom is 0.416 e. The topological polar surface area (TPSA) is 78.4 Å². The van der Waals surface area contributed by atoms with Crippen LogP contribution in [0.5, 0.6) is 0 Å². The normalized spacial score (nSPS) is 14.7. The maximum absolute atomic E-state index is 12.6. The zero-order valence-corrected chi connectivity index (χ0v) is 15.0. The van der Waals surface area contributed by atoms with Crippen molar-refractivity contribution in [2.75, 3.05) is 36.4 Å². The lowest BCUT2D eigenvalue weighted by molar-refractivity contribution is -0.137. The third kappa shape index (κ3) is 4.56. The molecule has 28 heavy (non-hydrogen) atoms. The van der Waals surface area contributed by atoms with Crippen molar-refractivity contribution in [3.8, 4) is 0 Å². The van der Waals surface area contributed by atoms with Gasteiger partial charge in [-0.2, -0.15) is 13.2 Å². The number of nitrogens with one attached hydrogen (secondary N) is 1. The van der Waals surface area contributed by atoms with Gasteiger partial charge in [0.05, 0.1) is 5.56 Å². The van der Waals surface area contributed by atoms with Crippen molar-refractivity contribution in [1.82, 2.24) is 14.9 Å². The molecule has 0 bridgehead atoms. The van der Waals surface area contributed by atoms with Crippen LogP contribution in [0.2, 0.25) is 0 Å². The molecule has 7 nitrogen and oxygen atoms in total. The maximum atomic E-state index is 12.6. The highest BCUT2D eigenvalue weighted by atomic mass is 19.4. The largest absolute Gasteiger partial charge is 0.416 e. The van der Waals surface area contributed by atoms with E-state index in [1.54, 1.807) is 4.90 Å². The number of nitrogens with zero attached hydrogens (tertiary/aromatic N) is 4. The average molecular weight is 393 g/mol. The van der Waals surface area contributed by atoms with Crippen molar-refractivity contribution in [2.45, 2.75) is 13.1 Å². The summed E-state index contributed by atoms with van der Waals surface area (Å²) < 4.78 is 37.8. The van der Waals surface area contributed by atoms with E-state index < -0.39 is 17.6 Å². The Morgan fingerprint density at radius 2 is 1.68 bits per heavy atom. The Morgan fingerprint density at radius 1 is 1.04 bits per heavy atom. The molecule has 2 aromatic rings. The van der Waals surface area contributed by atoms with Crippen LogP contribution < -0.4 is 10.2 Å². The van der Waals surface area contributed by atoms with Crippen molar-refractivity contribution in [3.63, 3.8) is 0 Å². The van der Waals surface area contributed by atoms with Crippen LogP contribution in [0.15, 0.2) is 36.5 Å². The molecule has 1 aliphatic heterocycles. The lowest BCUT2D eigenvalue weighted by atomic mass is 10.2. The minimum atomic E-state index is -4.43. The van der Waals surface area contributed by atoms with E-state index in [2.05, 4.69) is 15.3 Å². The number of halogens is 3. The predicted octanol–water partition coefficient (Wildman–Crippen LogP) is 2.42. The van der Waals surface area contributed by atoms with Gasteiger partial charge in [-0.05, 0) is 30.3 Å². The van der Waals surface area contributed by atoms with E-state index in [-0.39, 0.29) is 17.3 Å². The minimum absolute atomic E-state index is 0.00485. The number of alkyl halides is 3. The first kappa shape index (κ1) is 19.6. The van der Waals surface area contributed by atoms with Gasteiger partial charge < -0.3 is 15.1 Å². The number of anilines is 2. The van der Waals surface area contributed by atoms with Crippen molar-refractivity contribution in [2.24, 2.45) is 0 Å². The standard InChI is InChI=1S/C18H18F3N5O2/c1-12(27)25-8-10-26(11-9-25)17-22-7-6-15(24-17)16(28)23-14-4-2-13(3-5-14)18(19,20)21/h2-7H,8-11H2,1H3,(H,23,28). The highest BCUT2D eigenvalue weighted by Crippen LogP contribution is 2.29. The lowest BCUT2D eigenvalue weighted by Crippen LogP contribution is -2.48. The van der Waals surface area contributed by atoms with Crippen molar-refractivity contribution in [1.29, 1.82) is 0 Å². The molecular formula is C18H18F3N5O2. The second-order valence-corrected chi connectivity index (χ2v) is 6.26. The van der Waals surface area contributed by atoms with E-state index >= 15 is 0 Å². The summed E-state index contributed by atoms with van der Waals surface area (Å²) in [5.41, 5.74) is -0.466. The Kier molecular flexibility index (Phi) is 5.48.